The molecule has 0 fully saturated rings. The Hall–Kier alpha value is -1.90. The van der Waals surface area contributed by atoms with Crippen molar-refractivity contribution in [3.63, 3.8) is 0 Å². The summed E-state index contributed by atoms with van der Waals surface area (Å²) >= 11 is 0. The van der Waals surface area contributed by atoms with Crippen molar-refractivity contribution in [2.75, 3.05) is 0 Å². The van der Waals surface area contributed by atoms with Gasteiger partial charge in [0.05, 0.1) is 11.8 Å². The smallest absolute Gasteiger partial charge is 0.245 e. The third-order valence-corrected chi connectivity index (χ3v) is 5.86. The molecule has 2 aromatic rings. The Bertz CT molecular complexity index is 708. The number of nitrogens with zero attached hydrogens (tertiary/aromatic N) is 1. The van der Waals surface area contributed by atoms with E-state index in [1.165, 1.54) is 83.5 Å². The normalized spacial score (nSPS) is 11.1. The standard InChI is InChI=1S/C27H42NO2/c1-2-3-4-5-6-7-8-9-10-11-12-13-14-15-16-23-27(29)30-28-24-19-21-25-20-17-18-22-26(25)28/h17-22,24H,2-16,23H2,1H3/q+1. The van der Waals surface area contributed by atoms with Crippen LogP contribution in [0.3, 0.4) is 0 Å². The van der Waals surface area contributed by atoms with Gasteiger partial charge in [-0.2, -0.15) is 4.84 Å². The maximum atomic E-state index is 12.1. The van der Waals surface area contributed by atoms with E-state index in [9.17, 15) is 4.79 Å². The second-order valence-corrected chi connectivity index (χ2v) is 8.56. The molecular weight excluding hydrogens is 370 g/mol. The van der Waals surface area contributed by atoms with Gasteiger partial charge in [0.25, 0.3) is 5.52 Å². The molecule has 0 radical (unpaired) electrons. The number of carbonyl (C=O) groups is 1. The fourth-order valence-corrected chi connectivity index (χ4v) is 4.01. The van der Waals surface area contributed by atoms with Crippen molar-refractivity contribution >= 4 is 16.9 Å². The molecular formula is C27H42NO2+. The van der Waals surface area contributed by atoms with Crippen LogP contribution in [0.15, 0.2) is 42.6 Å². The molecule has 0 spiro atoms. The number of fused-ring (bicyclic) bond motifs is 1. The first-order valence-electron chi connectivity index (χ1n) is 12.4. The van der Waals surface area contributed by atoms with Gasteiger partial charge in [-0.25, -0.2) is 4.79 Å². The summed E-state index contributed by atoms with van der Waals surface area (Å²) in [5.41, 5.74) is 0.921. The van der Waals surface area contributed by atoms with Crippen molar-refractivity contribution in [1.29, 1.82) is 0 Å². The van der Waals surface area contributed by atoms with Crippen molar-refractivity contribution in [2.45, 2.75) is 110 Å². The van der Waals surface area contributed by atoms with E-state index in [-0.39, 0.29) is 5.97 Å². The molecule has 1 heterocycles. The van der Waals surface area contributed by atoms with Crippen LogP contribution in [-0.4, -0.2) is 5.97 Å². The number of para-hydroxylation sites is 1. The zero-order chi connectivity index (χ0) is 21.3. The van der Waals surface area contributed by atoms with Crippen LogP contribution in [0.25, 0.3) is 10.9 Å². The predicted octanol–water partition coefficient (Wildman–Crippen LogP) is 7.34. The van der Waals surface area contributed by atoms with Crippen LogP contribution >= 0.6 is 0 Å². The second kappa shape index (κ2) is 15.9. The first kappa shape index (κ1) is 24.4. The monoisotopic (exact) mass is 412 g/mol. The Morgan fingerprint density at radius 1 is 0.700 bits per heavy atom. The molecule has 1 aromatic heterocycles. The molecule has 0 amide bonds. The molecule has 0 atom stereocenters. The van der Waals surface area contributed by atoms with Gasteiger partial charge >= 0.3 is 5.97 Å². The third-order valence-electron chi connectivity index (χ3n) is 5.86. The summed E-state index contributed by atoms with van der Waals surface area (Å²) in [5, 5.41) is 1.07. The van der Waals surface area contributed by atoms with Gasteiger partial charge in [-0.3, -0.25) is 0 Å². The predicted molar refractivity (Wildman–Crippen MR) is 125 cm³/mol. The van der Waals surface area contributed by atoms with Crippen molar-refractivity contribution in [1.82, 2.24) is 0 Å². The number of aromatic nitrogens is 1. The lowest BCUT2D eigenvalue weighted by atomic mass is 10.0. The van der Waals surface area contributed by atoms with E-state index in [1.54, 1.807) is 10.9 Å². The minimum Gasteiger partial charge on any atom is -0.245 e. The molecule has 0 aliphatic rings. The molecule has 0 N–H and O–H groups in total. The molecule has 0 aliphatic heterocycles. The van der Waals surface area contributed by atoms with E-state index in [4.69, 9.17) is 4.84 Å². The Labute approximate surface area is 183 Å². The maximum absolute atomic E-state index is 12.1. The molecule has 0 saturated carbocycles. The van der Waals surface area contributed by atoms with Crippen LogP contribution in [0.5, 0.6) is 0 Å². The fraction of sp³-hybridized carbons (Fsp3) is 0.630. The minimum absolute atomic E-state index is 0.147. The molecule has 166 valence electrons. The minimum atomic E-state index is -0.147. The maximum Gasteiger partial charge on any atom is 0.380 e. The van der Waals surface area contributed by atoms with Gasteiger partial charge in [-0.1, -0.05) is 109 Å². The van der Waals surface area contributed by atoms with Gasteiger partial charge in [0, 0.05) is 16.9 Å². The number of rotatable bonds is 17. The Morgan fingerprint density at radius 2 is 1.20 bits per heavy atom. The van der Waals surface area contributed by atoms with Gasteiger partial charge in [0.15, 0.2) is 0 Å². The summed E-state index contributed by atoms with van der Waals surface area (Å²) in [6, 6.07) is 11.9. The van der Waals surface area contributed by atoms with Gasteiger partial charge < -0.3 is 0 Å². The summed E-state index contributed by atoms with van der Waals surface area (Å²) in [6.07, 6.45) is 22.3. The molecule has 0 unspecified atom stereocenters. The number of carbonyl (C=O) groups excluding carboxylic acids is 1. The van der Waals surface area contributed by atoms with Crippen LogP contribution in [0.1, 0.15) is 110 Å². The first-order valence-corrected chi connectivity index (χ1v) is 12.4. The summed E-state index contributed by atoms with van der Waals surface area (Å²) < 4.78 is 1.59. The summed E-state index contributed by atoms with van der Waals surface area (Å²) in [4.78, 5) is 17.7. The van der Waals surface area contributed by atoms with Crippen LogP contribution in [0, 0.1) is 0 Å². The SMILES string of the molecule is CCCCCCCCCCCCCCCCCC(=O)O[n+]1cccc2ccccc21. The highest BCUT2D eigenvalue weighted by molar-refractivity contribution is 5.75. The molecule has 2 rings (SSSR count). The van der Waals surface area contributed by atoms with Gasteiger partial charge in [0.1, 0.15) is 0 Å². The van der Waals surface area contributed by atoms with E-state index >= 15 is 0 Å². The van der Waals surface area contributed by atoms with Crippen LogP contribution in [0.2, 0.25) is 0 Å². The van der Waals surface area contributed by atoms with E-state index in [0.29, 0.717) is 6.42 Å². The Morgan fingerprint density at radius 3 is 1.80 bits per heavy atom. The largest absolute Gasteiger partial charge is 0.380 e. The zero-order valence-corrected chi connectivity index (χ0v) is 19.1. The van der Waals surface area contributed by atoms with Crippen molar-refractivity contribution in [2.24, 2.45) is 0 Å². The number of hydrogen-bond acceptors (Lipinski definition) is 2. The highest BCUT2D eigenvalue weighted by Crippen LogP contribution is 2.14. The molecule has 1 aromatic carbocycles. The number of hydrogen-bond donors (Lipinski definition) is 0. The van der Waals surface area contributed by atoms with E-state index in [2.05, 4.69) is 6.92 Å². The Balaban J connectivity index is 1.41. The Kier molecular flexibility index (Phi) is 12.9. The molecule has 0 bridgehead atoms. The lowest BCUT2D eigenvalue weighted by molar-refractivity contribution is -0.848. The quantitative estimate of drug-likeness (QED) is 0.201. The van der Waals surface area contributed by atoms with Crippen LogP contribution in [0.4, 0.5) is 0 Å². The van der Waals surface area contributed by atoms with Gasteiger partial charge in [-0.15, -0.1) is 0 Å². The zero-order valence-electron chi connectivity index (χ0n) is 19.1. The van der Waals surface area contributed by atoms with Crippen LogP contribution in [-0.2, 0) is 4.79 Å². The molecule has 30 heavy (non-hydrogen) atoms. The van der Waals surface area contributed by atoms with Crippen molar-refractivity contribution < 1.29 is 14.4 Å². The highest BCUT2D eigenvalue weighted by atomic mass is 16.7. The van der Waals surface area contributed by atoms with E-state index < -0.39 is 0 Å². The molecule has 0 aliphatic carbocycles. The molecule has 0 saturated heterocycles. The van der Waals surface area contributed by atoms with Crippen molar-refractivity contribution in [3.05, 3.63) is 42.6 Å². The lowest BCUT2D eigenvalue weighted by Crippen LogP contribution is -2.46. The van der Waals surface area contributed by atoms with Crippen LogP contribution < -0.4 is 9.57 Å². The topological polar surface area (TPSA) is 30.2 Å². The summed E-state index contributed by atoms with van der Waals surface area (Å²) in [7, 11) is 0. The number of unbranched alkanes of at least 4 members (excludes halogenated alkanes) is 14. The average molecular weight is 413 g/mol. The van der Waals surface area contributed by atoms with Crippen molar-refractivity contribution in [3.8, 4) is 0 Å². The van der Waals surface area contributed by atoms with E-state index in [0.717, 1.165) is 23.7 Å². The highest BCUT2D eigenvalue weighted by Gasteiger charge is 2.14. The first-order chi connectivity index (χ1) is 14.8. The van der Waals surface area contributed by atoms with E-state index in [1.807, 2.05) is 36.4 Å². The number of benzene rings is 1. The molecule has 3 nitrogen and oxygen atoms in total. The third kappa shape index (κ3) is 10.2. The second-order valence-electron chi connectivity index (χ2n) is 8.56. The van der Waals surface area contributed by atoms with Gasteiger partial charge in [-0.05, 0) is 18.6 Å². The molecule has 3 heteroatoms. The summed E-state index contributed by atoms with van der Waals surface area (Å²) in [5.74, 6) is -0.147. The fourth-order valence-electron chi connectivity index (χ4n) is 4.01. The number of pyridine rings is 1. The lowest BCUT2D eigenvalue weighted by Gasteiger charge is -2.03. The van der Waals surface area contributed by atoms with Gasteiger partial charge in [0.2, 0.25) is 6.20 Å². The summed E-state index contributed by atoms with van der Waals surface area (Å²) in [6.45, 7) is 2.28. The average Bonchev–Trinajstić information content (AvgIpc) is 2.76.